The Balaban J connectivity index is 1.63. The average molecular weight is 403 g/mol. The molecular formula is C17H19F2N9O. The van der Waals surface area contributed by atoms with E-state index in [2.05, 4.69) is 36.2 Å². The monoisotopic (exact) mass is 403 g/mol. The van der Waals surface area contributed by atoms with Gasteiger partial charge in [-0.3, -0.25) is 4.79 Å². The molecule has 0 radical (unpaired) electrons. The lowest BCUT2D eigenvalue weighted by atomic mass is 10.1. The summed E-state index contributed by atoms with van der Waals surface area (Å²) in [4.78, 5) is 16.0. The Hall–Kier alpha value is -3.41. The number of benzene rings is 1. The minimum atomic E-state index is -2.77. The molecule has 10 nitrogen and oxygen atoms in total. The summed E-state index contributed by atoms with van der Waals surface area (Å²) in [5.74, 6) is -0.483. The molecule has 1 aliphatic rings. The Morgan fingerprint density at radius 2 is 2.21 bits per heavy atom. The van der Waals surface area contributed by atoms with Crippen molar-refractivity contribution >= 4 is 34.3 Å². The molecule has 3 heterocycles. The van der Waals surface area contributed by atoms with Crippen LogP contribution in [0.3, 0.4) is 0 Å². The quantitative estimate of drug-likeness (QED) is 0.488. The Labute approximate surface area is 163 Å². The molecule has 0 unspecified atom stereocenters. The highest BCUT2D eigenvalue weighted by Crippen LogP contribution is 2.25. The minimum Gasteiger partial charge on any atom is -0.364 e. The van der Waals surface area contributed by atoms with Gasteiger partial charge >= 0.3 is 6.55 Å². The fourth-order valence-corrected chi connectivity index (χ4v) is 3.21. The smallest absolute Gasteiger partial charge is 0.333 e. The van der Waals surface area contributed by atoms with E-state index in [1.807, 2.05) is 0 Å². The molecule has 1 atom stereocenters. The van der Waals surface area contributed by atoms with Crippen molar-refractivity contribution in [3.8, 4) is 0 Å². The number of piperidine rings is 1. The van der Waals surface area contributed by atoms with Gasteiger partial charge in [0, 0.05) is 23.7 Å². The number of nitrogens with two attached hydrogens (primary N) is 1. The number of amides is 1. The molecule has 2 aromatic heterocycles. The van der Waals surface area contributed by atoms with E-state index in [-0.39, 0.29) is 29.0 Å². The first-order chi connectivity index (χ1) is 14.0. The number of hydrogen-bond donors (Lipinski definition) is 4. The van der Waals surface area contributed by atoms with Crippen molar-refractivity contribution in [2.45, 2.75) is 25.4 Å². The summed E-state index contributed by atoms with van der Waals surface area (Å²) >= 11 is 0. The number of nitrogens with one attached hydrogen (secondary N) is 3. The molecule has 1 aromatic carbocycles. The fraction of sp³-hybridized carbons (Fsp3) is 0.353. The van der Waals surface area contributed by atoms with Gasteiger partial charge in [-0.25, -0.2) is 4.68 Å². The number of halogens is 2. The predicted molar refractivity (Wildman–Crippen MR) is 102 cm³/mol. The first-order valence-corrected chi connectivity index (χ1v) is 9.05. The number of hydrogen-bond acceptors (Lipinski definition) is 8. The van der Waals surface area contributed by atoms with Crippen LogP contribution in [0, 0.1) is 0 Å². The van der Waals surface area contributed by atoms with E-state index in [9.17, 15) is 13.6 Å². The molecule has 0 spiro atoms. The highest BCUT2D eigenvalue weighted by atomic mass is 19.3. The lowest BCUT2D eigenvalue weighted by Crippen LogP contribution is -2.39. The van der Waals surface area contributed by atoms with Gasteiger partial charge < -0.3 is 21.7 Å². The summed E-state index contributed by atoms with van der Waals surface area (Å²) < 4.78 is 26.8. The van der Waals surface area contributed by atoms with Crippen LogP contribution in [0.15, 0.2) is 24.4 Å². The Morgan fingerprint density at radius 1 is 1.34 bits per heavy atom. The van der Waals surface area contributed by atoms with Crippen LogP contribution in [0.25, 0.3) is 10.9 Å². The van der Waals surface area contributed by atoms with Crippen molar-refractivity contribution in [3.63, 3.8) is 0 Å². The molecule has 29 heavy (non-hydrogen) atoms. The molecule has 1 saturated heterocycles. The summed E-state index contributed by atoms with van der Waals surface area (Å²) in [6.45, 7) is -1.05. The number of carbonyl (C=O) groups excluding carboxylic acids is 1. The van der Waals surface area contributed by atoms with E-state index in [0.717, 1.165) is 25.9 Å². The van der Waals surface area contributed by atoms with Gasteiger partial charge in [0.2, 0.25) is 5.95 Å². The molecular weight excluding hydrogens is 384 g/mol. The van der Waals surface area contributed by atoms with Gasteiger partial charge in [0.05, 0.1) is 11.7 Å². The Kier molecular flexibility index (Phi) is 5.16. The first kappa shape index (κ1) is 18.9. The molecule has 1 aliphatic heterocycles. The van der Waals surface area contributed by atoms with E-state index in [0.29, 0.717) is 15.8 Å². The molecule has 0 bridgehead atoms. The van der Waals surface area contributed by atoms with Gasteiger partial charge in [-0.15, -0.1) is 10.2 Å². The maximum atomic E-state index is 13.1. The molecule has 1 amide bonds. The largest absolute Gasteiger partial charge is 0.364 e. The molecule has 12 heteroatoms. The van der Waals surface area contributed by atoms with Gasteiger partial charge in [-0.2, -0.15) is 18.9 Å². The SMILES string of the molecule is NC(=O)c1nnc(N[C@H]2CCCNC2)nc1Nc1ccc2cnn(C(F)F)c2c1. The fourth-order valence-electron chi connectivity index (χ4n) is 3.21. The number of primary amides is 1. The number of fused-ring (bicyclic) bond motifs is 1. The number of rotatable bonds is 6. The topological polar surface area (TPSA) is 136 Å². The third kappa shape index (κ3) is 4.06. The second kappa shape index (κ2) is 7.91. The van der Waals surface area contributed by atoms with Crippen LogP contribution in [0.5, 0.6) is 0 Å². The van der Waals surface area contributed by atoms with Gasteiger partial charge in [-0.05, 0) is 37.6 Å². The van der Waals surface area contributed by atoms with E-state index < -0.39 is 12.5 Å². The predicted octanol–water partition coefficient (Wildman–Crippen LogP) is 1.62. The molecule has 5 N–H and O–H groups in total. The van der Waals surface area contributed by atoms with E-state index >= 15 is 0 Å². The number of aromatic nitrogens is 5. The molecule has 152 valence electrons. The second-order valence-corrected chi connectivity index (χ2v) is 6.65. The molecule has 0 saturated carbocycles. The number of carbonyl (C=O) groups is 1. The van der Waals surface area contributed by atoms with Crippen molar-refractivity contribution < 1.29 is 13.6 Å². The third-order valence-electron chi connectivity index (χ3n) is 4.60. The minimum absolute atomic E-state index is 0.0845. The maximum absolute atomic E-state index is 13.1. The van der Waals surface area contributed by atoms with Gasteiger partial charge in [0.1, 0.15) is 0 Å². The van der Waals surface area contributed by atoms with Crippen LogP contribution in [0.4, 0.5) is 26.2 Å². The standard InChI is InChI=1S/C17H19F2N9O/c18-16(19)28-12-6-10(4-3-9(12)7-22-28)23-15-13(14(20)29)26-27-17(25-15)24-11-2-1-5-21-8-11/h3-4,6-7,11,16,21H,1-2,5,8H2,(H2,20,29)(H2,23,24,25,27)/t11-/m0/s1. The van der Waals surface area contributed by atoms with Crippen molar-refractivity contribution in [1.82, 2.24) is 30.3 Å². The van der Waals surface area contributed by atoms with Gasteiger partial charge in [0.15, 0.2) is 11.5 Å². The van der Waals surface area contributed by atoms with Crippen molar-refractivity contribution in [3.05, 3.63) is 30.1 Å². The summed E-state index contributed by atoms with van der Waals surface area (Å²) in [6.07, 6.45) is 3.32. The van der Waals surface area contributed by atoms with Crippen molar-refractivity contribution in [2.75, 3.05) is 23.7 Å². The normalized spacial score (nSPS) is 16.9. The summed E-state index contributed by atoms with van der Waals surface area (Å²) in [5.41, 5.74) is 5.88. The maximum Gasteiger partial charge on any atom is 0.333 e. The Morgan fingerprint density at radius 3 is 2.93 bits per heavy atom. The number of anilines is 3. The summed E-state index contributed by atoms with van der Waals surface area (Å²) in [7, 11) is 0. The molecule has 0 aliphatic carbocycles. The summed E-state index contributed by atoms with van der Waals surface area (Å²) in [6, 6.07) is 4.91. The second-order valence-electron chi connectivity index (χ2n) is 6.65. The van der Waals surface area contributed by atoms with Crippen LogP contribution in [0.1, 0.15) is 29.9 Å². The van der Waals surface area contributed by atoms with E-state index in [1.54, 1.807) is 12.1 Å². The Bertz CT molecular complexity index is 1030. The average Bonchev–Trinajstić information content (AvgIpc) is 3.12. The number of nitrogens with zero attached hydrogens (tertiary/aromatic N) is 5. The molecule has 4 rings (SSSR count). The van der Waals surface area contributed by atoms with E-state index in [4.69, 9.17) is 5.73 Å². The van der Waals surface area contributed by atoms with Crippen LogP contribution in [-0.4, -0.2) is 50.0 Å². The van der Waals surface area contributed by atoms with Crippen molar-refractivity contribution in [2.24, 2.45) is 5.73 Å². The molecule has 3 aromatic rings. The highest BCUT2D eigenvalue weighted by molar-refractivity contribution is 5.96. The lowest BCUT2D eigenvalue weighted by Gasteiger charge is -2.23. The number of alkyl halides is 2. The molecule has 1 fully saturated rings. The van der Waals surface area contributed by atoms with Crippen LogP contribution >= 0.6 is 0 Å². The summed E-state index contributed by atoms with van der Waals surface area (Å²) in [5, 5.41) is 21.4. The zero-order valence-electron chi connectivity index (χ0n) is 15.3. The van der Waals surface area contributed by atoms with E-state index in [1.165, 1.54) is 12.3 Å². The highest BCUT2D eigenvalue weighted by Gasteiger charge is 2.19. The third-order valence-corrected chi connectivity index (χ3v) is 4.60. The zero-order valence-corrected chi connectivity index (χ0v) is 15.3. The van der Waals surface area contributed by atoms with Crippen LogP contribution in [0.2, 0.25) is 0 Å². The van der Waals surface area contributed by atoms with Crippen molar-refractivity contribution in [1.29, 1.82) is 0 Å². The van der Waals surface area contributed by atoms with Crippen LogP contribution < -0.4 is 21.7 Å². The van der Waals surface area contributed by atoms with Gasteiger partial charge in [-0.1, -0.05) is 0 Å². The van der Waals surface area contributed by atoms with Crippen LogP contribution in [-0.2, 0) is 0 Å². The first-order valence-electron chi connectivity index (χ1n) is 9.05. The van der Waals surface area contributed by atoms with Gasteiger partial charge in [0.25, 0.3) is 5.91 Å². The lowest BCUT2D eigenvalue weighted by molar-refractivity contribution is 0.0615. The zero-order chi connectivity index (χ0) is 20.4.